The maximum atomic E-state index is 13.8. The Bertz CT molecular complexity index is 919. The molecule has 1 aromatic heterocycles. The van der Waals surface area contributed by atoms with Gasteiger partial charge in [-0.1, -0.05) is 12.1 Å². The van der Waals surface area contributed by atoms with Crippen LogP contribution in [-0.4, -0.2) is 40.5 Å². The molecule has 3 atom stereocenters. The molecule has 4 N–H and O–H groups in total. The third-order valence-electron chi connectivity index (χ3n) is 4.50. The molecule has 3 rings (SSSR count). The van der Waals surface area contributed by atoms with Crippen molar-refractivity contribution in [1.29, 1.82) is 0 Å². The number of phenols is 1. The number of urea groups is 1. The molecule has 0 bridgehead atoms. The lowest BCUT2D eigenvalue weighted by Gasteiger charge is -2.44. The molecule has 1 aliphatic rings. The number of carbonyl (C=O) groups is 2. The Labute approximate surface area is 167 Å². The average molecular weight is 430 g/mol. The molecule has 1 aromatic carbocycles. The van der Waals surface area contributed by atoms with E-state index in [1.807, 2.05) is 0 Å². The van der Waals surface area contributed by atoms with Gasteiger partial charge in [-0.2, -0.15) is 13.2 Å². The number of aliphatic hydroxyl groups is 1. The number of ketones is 1. The van der Waals surface area contributed by atoms with Crippen LogP contribution in [0.5, 0.6) is 11.5 Å². The van der Waals surface area contributed by atoms with E-state index in [0.29, 0.717) is 0 Å². The molecule has 11 heteroatoms. The maximum Gasteiger partial charge on any atom is 0.437 e. The summed E-state index contributed by atoms with van der Waals surface area (Å²) in [6.07, 6.45) is -5.33. The minimum Gasteiger partial charge on any atom is -0.504 e. The predicted molar refractivity (Wildman–Crippen MR) is 96.8 cm³/mol. The van der Waals surface area contributed by atoms with E-state index in [1.165, 1.54) is 41.0 Å². The van der Waals surface area contributed by atoms with Crippen LogP contribution in [0.2, 0.25) is 0 Å². The summed E-state index contributed by atoms with van der Waals surface area (Å²) in [7, 11) is 0. The summed E-state index contributed by atoms with van der Waals surface area (Å²) >= 11 is 0.915. The van der Waals surface area contributed by atoms with Crippen LogP contribution >= 0.6 is 11.3 Å². The largest absolute Gasteiger partial charge is 0.504 e. The first-order chi connectivity index (χ1) is 13.6. The molecular formula is C18H17F3N2O5S. The number of benzene rings is 1. The Kier molecular flexibility index (Phi) is 5.46. The normalized spacial score (nSPS) is 24.5. The number of hydrogen-bond donors (Lipinski definition) is 4. The number of ether oxygens (including phenoxy) is 1. The van der Waals surface area contributed by atoms with Gasteiger partial charge in [-0.15, -0.1) is 11.3 Å². The van der Waals surface area contributed by atoms with Crippen LogP contribution in [0.1, 0.15) is 28.2 Å². The van der Waals surface area contributed by atoms with Gasteiger partial charge in [0.1, 0.15) is 5.92 Å². The van der Waals surface area contributed by atoms with Gasteiger partial charge in [-0.25, -0.2) is 4.79 Å². The number of Topliss-reactive ketones (excluding diaryl/α,β-unsaturated/α-hetero) is 1. The monoisotopic (exact) mass is 430 g/mol. The first kappa shape index (κ1) is 20.9. The van der Waals surface area contributed by atoms with Gasteiger partial charge in [-0.05, 0) is 36.1 Å². The van der Waals surface area contributed by atoms with Gasteiger partial charge >= 0.3 is 12.2 Å². The zero-order chi connectivity index (χ0) is 21.4. The maximum absolute atomic E-state index is 13.8. The molecule has 0 radical (unpaired) electrons. The van der Waals surface area contributed by atoms with Crippen molar-refractivity contribution in [2.75, 3.05) is 6.61 Å². The highest BCUT2D eigenvalue weighted by molar-refractivity contribution is 7.12. The van der Waals surface area contributed by atoms with E-state index in [0.717, 1.165) is 11.3 Å². The van der Waals surface area contributed by atoms with Crippen molar-refractivity contribution in [2.24, 2.45) is 5.92 Å². The summed E-state index contributed by atoms with van der Waals surface area (Å²) in [4.78, 5) is 24.9. The number of alkyl halides is 3. The quantitative estimate of drug-likeness (QED) is 0.546. The van der Waals surface area contributed by atoms with Gasteiger partial charge in [0.25, 0.3) is 0 Å². The number of carbonyl (C=O) groups excluding carboxylic acids is 2. The predicted octanol–water partition coefficient (Wildman–Crippen LogP) is 2.96. The van der Waals surface area contributed by atoms with Gasteiger partial charge < -0.3 is 25.6 Å². The number of halogens is 3. The second-order valence-electron chi connectivity index (χ2n) is 6.32. The molecule has 0 unspecified atom stereocenters. The molecule has 2 heterocycles. The number of rotatable bonds is 5. The van der Waals surface area contributed by atoms with E-state index in [1.54, 1.807) is 6.92 Å². The minimum atomic E-state index is -5.33. The first-order valence-corrected chi connectivity index (χ1v) is 9.37. The Morgan fingerprint density at radius 2 is 2.07 bits per heavy atom. The molecule has 1 saturated heterocycles. The molecule has 156 valence electrons. The van der Waals surface area contributed by atoms with E-state index in [2.05, 4.69) is 5.32 Å². The summed E-state index contributed by atoms with van der Waals surface area (Å²) in [5.41, 5.74) is -3.75. The van der Waals surface area contributed by atoms with E-state index >= 15 is 0 Å². The van der Waals surface area contributed by atoms with E-state index in [9.17, 15) is 33.0 Å². The van der Waals surface area contributed by atoms with Crippen molar-refractivity contribution in [3.05, 3.63) is 46.2 Å². The number of amides is 2. The van der Waals surface area contributed by atoms with Crippen molar-refractivity contribution in [3.8, 4) is 11.5 Å². The molecule has 1 aliphatic heterocycles. The Morgan fingerprint density at radius 1 is 1.34 bits per heavy atom. The summed E-state index contributed by atoms with van der Waals surface area (Å²) in [5, 5.41) is 25.6. The molecule has 1 fully saturated rings. The highest BCUT2D eigenvalue weighted by atomic mass is 32.1. The van der Waals surface area contributed by atoms with Gasteiger partial charge in [0.2, 0.25) is 5.72 Å². The molecule has 7 nitrogen and oxygen atoms in total. The fourth-order valence-electron chi connectivity index (χ4n) is 3.18. The van der Waals surface area contributed by atoms with Crippen molar-refractivity contribution < 1.29 is 37.7 Å². The van der Waals surface area contributed by atoms with Crippen molar-refractivity contribution in [1.82, 2.24) is 10.6 Å². The van der Waals surface area contributed by atoms with Crippen LogP contribution in [0.4, 0.5) is 18.0 Å². The standard InChI is InChI=1S/C18H17F3N2O5S/c1-2-28-11-8-9(5-6-10(11)24)14-13(15(25)12-4-3-7-29-12)17(27,18(19,20)21)23-16(26)22-14/h3-8,13-14,24,27H,2H2,1H3,(H2,22,23,26)/t13-,14+,17+/m0/s1. The molecular weight excluding hydrogens is 413 g/mol. The zero-order valence-corrected chi connectivity index (χ0v) is 15.8. The van der Waals surface area contributed by atoms with Crippen LogP contribution in [0.3, 0.4) is 0 Å². The van der Waals surface area contributed by atoms with Crippen LogP contribution in [0.25, 0.3) is 0 Å². The van der Waals surface area contributed by atoms with Crippen LogP contribution in [-0.2, 0) is 0 Å². The van der Waals surface area contributed by atoms with Gasteiger partial charge in [0.05, 0.1) is 17.5 Å². The zero-order valence-electron chi connectivity index (χ0n) is 15.0. The molecule has 0 saturated carbocycles. The lowest BCUT2D eigenvalue weighted by molar-refractivity contribution is -0.287. The number of aromatic hydroxyl groups is 1. The second kappa shape index (κ2) is 7.56. The number of thiophene rings is 1. The third-order valence-corrected chi connectivity index (χ3v) is 5.38. The average Bonchev–Trinajstić information content (AvgIpc) is 3.16. The third kappa shape index (κ3) is 3.75. The summed E-state index contributed by atoms with van der Waals surface area (Å²) in [6.45, 7) is 1.81. The molecule has 2 aromatic rings. The number of phenolic OH excluding ortho intramolecular Hbond substituents is 1. The summed E-state index contributed by atoms with van der Waals surface area (Å²) in [6, 6.07) is 3.64. The Hall–Kier alpha value is -2.79. The van der Waals surface area contributed by atoms with Crippen LogP contribution < -0.4 is 15.4 Å². The van der Waals surface area contributed by atoms with Crippen molar-refractivity contribution in [3.63, 3.8) is 0 Å². The smallest absolute Gasteiger partial charge is 0.437 e. The molecule has 2 amide bonds. The topological polar surface area (TPSA) is 108 Å². The number of hydrogen-bond acceptors (Lipinski definition) is 6. The second-order valence-corrected chi connectivity index (χ2v) is 7.27. The van der Waals surface area contributed by atoms with Gasteiger partial charge in [0.15, 0.2) is 17.3 Å². The highest BCUT2D eigenvalue weighted by Crippen LogP contribution is 2.45. The summed E-state index contributed by atoms with van der Waals surface area (Å²) in [5.74, 6) is -3.42. The SMILES string of the molecule is CCOc1cc([C@H]2NC(=O)N[C@](O)(C(F)(F)F)[C@@H]2C(=O)c2cccs2)ccc1O. The fraction of sp³-hybridized carbons (Fsp3) is 0.333. The Balaban J connectivity index is 2.15. The molecule has 0 aliphatic carbocycles. The molecule has 0 spiro atoms. The Morgan fingerprint density at radius 3 is 2.66 bits per heavy atom. The van der Waals surface area contributed by atoms with E-state index in [4.69, 9.17) is 4.74 Å². The fourth-order valence-corrected chi connectivity index (χ4v) is 3.89. The van der Waals surface area contributed by atoms with E-state index in [-0.39, 0.29) is 28.5 Å². The van der Waals surface area contributed by atoms with Crippen molar-refractivity contribution in [2.45, 2.75) is 24.9 Å². The highest BCUT2D eigenvalue weighted by Gasteiger charge is 2.66. The van der Waals surface area contributed by atoms with Crippen molar-refractivity contribution >= 4 is 23.2 Å². The van der Waals surface area contributed by atoms with E-state index < -0.39 is 35.7 Å². The van der Waals surface area contributed by atoms with Gasteiger partial charge in [0, 0.05) is 0 Å². The lowest BCUT2D eigenvalue weighted by atomic mass is 9.78. The lowest BCUT2D eigenvalue weighted by Crippen LogP contribution is -2.72. The molecule has 29 heavy (non-hydrogen) atoms. The van der Waals surface area contributed by atoms with Crippen LogP contribution in [0.15, 0.2) is 35.7 Å². The minimum absolute atomic E-state index is 0.00978. The summed E-state index contributed by atoms with van der Waals surface area (Å²) < 4.78 is 46.6. The number of nitrogens with one attached hydrogen (secondary N) is 2. The first-order valence-electron chi connectivity index (χ1n) is 8.49. The van der Waals surface area contributed by atoms with Gasteiger partial charge in [-0.3, -0.25) is 4.79 Å². The van der Waals surface area contributed by atoms with Crippen LogP contribution in [0, 0.1) is 5.92 Å².